The van der Waals surface area contributed by atoms with Crippen molar-refractivity contribution in [3.8, 4) is 5.75 Å². The molecular formula is C17H20N2OS. The smallest absolute Gasteiger partial charge is 0.184 e. The predicted molar refractivity (Wildman–Crippen MR) is 86.0 cm³/mol. The lowest BCUT2D eigenvalue weighted by Gasteiger charge is -2.08. The number of nitrogens with one attached hydrogen (secondary N) is 1. The third-order valence-corrected chi connectivity index (χ3v) is 6.65. The number of hydrogen-bond donors (Lipinski definition) is 1. The molecule has 0 spiro atoms. The first kappa shape index (κ1) is 12.3. The van der Waals surface area contributed by atoms with Crippen LogP contribution in [0.2, 0.25) is 0 Å². The molecule has 4 unspecified atom stereocenters. The van der Waals surface area contributed by atoms with Crippen LogP contribution in [0, 0.1) is 23.7 Å². The Morgan fingerprint density at radius 3 is 2.86 bits per heavy atom. The molecule has 3 fully saturated rings. The summed E-state index contributed by atoms with van der Waals surface area (Å²) in [5.41, 5.74) is 1.08. The van der Waals surface area contributed by atoms with Crippen LogP contribution in [0.3, 0.4) is 0 Å². The van der Waals surface area contributed by atoms with Gasteiger partial charge in [-0.25, -0.2) is 4.98 Å². The maximum atomic E-state index is 5.57. The molecule has 1 aromatic carbocycles. The van der Waals surface area contributed by atoms with Crippen molar-refractivity contribution in [2.24, 2.45) is 23.7 Å². The van der Waals surface area contributed by atoms with E-state index >= 15 is 0 Å². The monoisotopic (exact) mass is 300 g/mol. The highest BCUT2D eigenvalue weighted by atomic mass is 32.1. The molecule has 110 valence electrons. The summed E-state index contributed by atoms with van der Waals surface area (Å²) in [6.07, 6.45) is 4.45. The Labute approximate surface area is 128 Å². The second-order valence-electron chi connectivity index (χ2n) is 6.74. The van der Waals surface area contributed by atoms with Crippen molar-refractivity contribution >= 4 is 26.7 Å². The van der Waals surface area contributed by atoms with Crippen LogP contribution in [-0.4, -0.2) is 17.6 Å². The van der Waals surface area contributed by atoms with Crippen LogP contribution in [0.4, 0.5) is 5.13 Å². The third kappa shape index (κ3) is 1.81. The van der Waals surface area contributed by atoms with E-state index < -0.39 is 0 Å². The van der Waals surface area contributed by atoms with Crippen LogP contribution < -0.4 is 10.1 Å². The zero-order valence-electron chi connectivity index (χ0n) is 12.2. The summed E-state index contributed by atoms with van der Waals surface area (Å²) in [5.74, 6) is 4.87. The fraction of sp³-hybridized carbons (Fsp3) is 0.588. The summed E-state index contributed by atoms with van der Waals surface area (Å²) < 4.78 is 6.79. The minimum Gasteiger partial charge on any atom is -0.494 e. The molecule has 21 heavy (non-hydrogen) atoms. The van der Waals surface area contributed by atoms with E-state index in [1.54, 1.807) is 11.3 Å². The average molecular weight is 300 g/mol. The molecule has 4 atom stereocenters. The van der Waals surface area contributed by atoms with E-state index in [1.807, 2.05) is 13.0 Å². The fourth-order valence-electron chi connectivity index (χ4n) is 4.88. The normalized spacial score (nSPS) is 36.0. The summed E-state index contributed by atoms with van der Waals surface area (Å²) in [4.78, 5) is 4.74. The van der Waals surface area contributed by atoms with Gasteiger partial charge in [0.15, 0.2) is 5.13 Å². The molecule has 3 saturated carbocycles. The second kappa shape index (κ2) is 4.35. The fourth-order valence-corrected chi connectivity index (χ4v) is 5.82. The third-order valence-electron chi connectivity index (χ3n) is 5.70. The molecule has 1 N–H and O–H groups in total. The summed E-state index contributed by atoms with van der Waals surface area (Å²) in [6, 6.07) is 6.91. The van der Waals surface area contributed by atoms with E-state index in [9.17, 15) is 0 Å². The molecule has 2 aromatic rings. The number of ether oxygens (including phenoxy) is 1. The van der Waals surface area contributed by atoms with Crippen LogP contribution in [0.15, 0.2) is 18.2 Å². The molecular weight excluding hydrogens is 280 g/mol. The maximum Gasteiger partial charge on any atom is 0.184 e. The minimum absolute atomic E-state index is 0.711. The number of rotatable bonds is 4. The summed E-state index contributed by atoms with van der Waals surface area (Å²) in [6.45, 7) is 2.73. The quantitative estimate of drug-likeness (QED) is 0.921. The van der Waals surface area contributed by atoms with Gasteiger partial charge in [-0.15, -0.1) is 0 Å². The number of aromatic nitrogens is 1. The van der Waals surface area contributed by atoms with E-state index in [1.165, 1.54) is 24.0 Å². The van der Waals surface area contributed by atoms with Gasteiger partial charge in [-0.05, 0) is 68.1 Å². The summed E-state index contributed by atoms with van der Waals surface area (Å²) in [5, 5.41) is 4.82. The van der Waals surface area contributed by atoms with E-state index in [-0.39, 0.29) is 0 Å². The van der Waals surface area contributed by atoms with Crippen LogP contribution >= 0.6 is 11.3 Å². The number of fused-ring (bicyclic) bond motifs is 6. The molecule has 0 amide bonds. The van der Waals surface area contributed by atoms with Crippen LogP contribution in [-0.2, 0) is 0 Å². The Kier molecular flexibility index (Phi) is 2.55. The molecule has 4 heteroatoms. The van der Waals surface area contributed by atoms with Gasteiger partial charge < -0.3 is 10.1 Å². The number of benzene rings is 1. The van der Waals surface area contributed by atoms with Crippen molar-refractivity contribution < 1.29 is 4.74 Å². The van der Waals surface area contributed by atoms with Crippen molar-refractivity contribution in [2.75, 3.05) is 11.9 Å². The van der Waals surface area contributed by atoms with Gasteiger partial charge in [0.25, 0.3) is 0 Å². The van der Waals surface area contributed by atoms with Crippen LogP contribution in [0.5, 0.6) is 5.75 Å². The van der Waals surface area contributed by atoms with E-state index in [2.05, 4.69) is 17.4 Å². The van der Waals surface area contributed by atoms with Gasteiger partial charge in [0, 0.05) is 6.04 Å². The number of thiazole rings is 1. The van der Waals surface area contributed by atoms with Gasteiger partial charge in [-0.2, -0.15) is 0 Å². The van der Waals surface area contributed by atoms with Crippen molar-refractivity contribution in [1.29, 1.82) is 0 Å². The Morgan fingerprint density at radius 2 is 2.10 bits per heavy atom. The molecule has 1 heterocycles. The number of anilines is 1. The minimum atomic E-state index is 0.711. The first-order valence-electron chi connectivity index (χ1n) is 8.13. The van der Waals surface area contributed by atoms with Gasteiger partial charge in [-0.1, -0.05) is 11.3 Å². The zero-order valence-corrected chi connectivity index (χ0v) is 13.0. The molecule has 0 saturated heterocycles. The van der Waals surface area contributed by atoms with Crippen molar-refractivity contribution in [2.45, 2.75) is 32.2 Å². The number of hydrogen-bond acceptors (Lipinski definition) is 4. The van der Waals surface area contributed by atoms with Crippen LogP contribution in [0.25, 0.3) is 10.2 Å². The van der Waals surface area contributed by atoms with E-state index in [0.717, 1.165) is 40.1 Å². The molecule has 2 bridgehead atoms. The second-order valence-corrected chi connectivity index (χ2v) is 7.77. The zero-order chi connectivity index (χ0) is 14.0. The first-order valence-corrected chi connectivity index (χ1v) is 8.95. The average Bonchev–Trinajstić information content (AvgIpc) is 2.86. The van der Waals surface area contributed by atoms with E-state index in [4.69, 9.17) is 9.72 Å². The Balaban J connectivity index is 1.37. The molecule has 0 aliphatic heterocycles. The predicted octanol–water partition coefficient (Wildman–Crippen LogP) is 4.15. The molecule has 0 radical (unpaired) electrons. The molecule has 1 aromatic heterocycles. The molecule has 3 aliphatic carbocycles. The van der Waals surface area contributed by atoms with Crippen LogP contribution in [0.1, 0.15) is 26.2 Å². The van der Waals surface area contributed by atoms with Gasteiger partial charge in [0.2, 0.25) is 0 Å². The lowest BCUT2D eigenvalue weighted by Crippen LogP contribution is -2.12. The van der Waals surface area contributed by atoms with Crippen molar-refractivity contribution in [3.63, 3.8) is 0 Å². The Hall–Kier alpha value is -1.29. The topological polar surface area (TPSA) is 34.1 Å². The Bertz CT molecular complexity index is 681. The van der Waals surface area contributed by atoms with Gasteiger partial charge in [0.1, 0.15) is 5.75 Å². The van der Waals surface area contributed by atoms with Gasteiger partial charge in [0.05, 0.1) is 16.8 Å². The van der Waals surface area contributed by atoms with Crippen molar-refractivity contribution in [1.82, 2.24) is 4.98 Å². The summed E-state index contributed by atoms with van der Waals surface area (Å²) >= 11 is 1.76. The molecule has 5 rings (SSSR count). The molecule has 3 aliphatic rings. The lowest BCUT2D eigenvalue weighted by atomic mass is 10.0. The van der Waals surface area contributed by atoms with Gasteiger partial charge in [-0.3, -0.25) is 0 Å². The van der Waals surface area contributed by atoms with E-state index in [0.29, 0.717) is 12.6 Å². The number of nitrogens with zero attached hydrogens (tertiary/aromatic N) is 1. The maximum absolute atomic E-state index is 5.57. The largest absolute Gasteiger partial charge is 0.494 e. The summed E-state index contributed by atoms with van der Waals surface area (Å²) in [7, 11) is 0. The SMILES string of the molecule is CCOc1ccc2nc(NC3C4C5CCC(C5)C34)sc2c1. The molecule has 3 nitrogen and oxygen atoms in total. The Morgan fingerprint density at radius 1 is 1.29 bits per heavy atom. The lowest BCUT2D eigenvalue weighted by molar-refractivity contribution is 0.341. The highest BCUT2D eigenvalue weighted by molar-refractivity contribution is 7.22. The highest BCUT2D eigenvalue weighted by Crippen LogP contribution is 2.66. The van der Waals surface area contributed by atoms with Gasteiger partial charge >= 0.3 is 0 Å². The standard InChI is InChI=1S/C17H20N2OS/c1-2-20-11-5-6-12-13(8-11)21-17(18-12)19-16-14-9-3-4-10(7-9)15(14)16/h5-6,8-10,14-16H,2-4,7H2,1H3,(H,18,19). The van der Waals surface area contributed by atoms with Crippen molar-refractivity contribution in [3.05, 3.63) is 18.2 Å². The highest BCUT2D eigenvalue weighted by Gasteiger charge is 2.65. The first-order chi connectivity index (χ1) is 10.3.